The van der Waals surface area contributed by atoms with Gasteiger partial charge >= 0.3 is 0 Å². The molecule has 2 aromatic rings. The van der Waals surface area contributed by atoms with Crippen LogP contribution in [0, 0.1) is 0 Å². The van der Waals surface area contributed by atoms with Crippen molar-refractivity contribution < 1.29 is 0 Å². The molecule has 1 N–H and O–H groups in total. The molecule has 1 heterocycles. The summed E-state index contributed by atoms with van der Waals surface area (Å²) in [5.74, 6) is 0. The van der Waals surface area contributed by atoms with Crippen molar-refractivity contribution >= 4 is 10.9 Å². The van der Waals surface area contributed by atoms with Crippen LogP contribution in [0.1, 0.15) is 25.0 Å². The molecule has 0 aliphatic rings. The zero-order chi connectivity index (χ0) is 9.26. The molecule has 0 aliphatic heterocycles. The van der Waals surface area contributed by atoms with Crippen LogP contribution in [-0.2, 0) is 12.8 Å². The van der Waals surface area contributed by atoms with Crippen molar-refractivity contribution in [2.24, 2.45) is 0 Å². The van der Waals surface area contributed by atoms with Gasteiger partial charge in [-0.1, -0.05) is 19.9 Å². The second-order valence-electron chi connectivity index (χ2n) is 3.40. The lowest BCUT2D eigenvalue weighted by Gasteiger charge is -2.03. The number of hydrogen-bond donors (Lipinski definition) is 1. The first-order valence-electron chi connectivity index (χ1n) is 4.94. The van der Waals surface area contributed by atoms with E-state index >= 15 is 0 Å². The molecule has 0 atom stereocenters. The van der Waals surface area contributed by atoms with Crippen molar-refractivity contribution in [3.8, 4) is 0 Å². The summed E-state index contributed by atoms with van der Waals surface area (Å²) in [6.07, 6.45) is 4.24. The van der Waals surface area contributed by atoms with Gasteiger partial charge in [-0.25, -0.2) is 0 Å². The molecule has 2 rings (SSSR count). The van der Waals surface area contributed by atoms with E-state index in [2.05, 4.69) is 37.0 Å². The molecule has 0 saturated heterocycles. The van der Waals surface area contributed by atoms with Crippen LogP contribution in [0.25, 0.3) is 10.9 Å². The van der Waals surface area contributed by atoms with Crippen LogP contribution < -0.4 is 0 Å². The van der Waals surface area contributed by atoms with Crippen molar-refractivity contribution in [2.75, 3.05) is 0 Å². The summed E-state index contributed by atoms with van der Waals surface area (Å²) in [5.41, 5.74) is 4.17. The highest BCUT2D eigenvalue weighted by Crippen LogP contribution is 2.20. The van der Waals surface area contributed by atoms with Gasteiger partial charge in [-0.05, 0) is 41.5 Å². The number of hydrogen-bond acceptors (Lipinski definition) is 0. The number of aromatic amines is 1. The number of aryl methyl sites for hydroxylation is 2. The monoisotopic (exact) mass is 173 g/mol. The van der Waals surface area contributed by atoms with E-state index in [9.17, 15) is 0 Å². The molecule has 0 bridgehead atoms. The topological polar surface area (TPSA) is 15.8 Å². The summed E-state index contributed by atoms with van der Waals surface area (Å²) < 4.78 is 0. The minimum atomic E-state index is 1.10. The quantitative estimate of drug-likeness (QED) is 0.717. The van der Waals surface area contributed by atoms with Crippen LogP contribution in [0.15, 0.2) is 24.4 Å². The minimum Gasteiger partial charge on any atom is -0.361 e. The first-order valence-corrected chi connectivity index (χ1v) is 4.94. The molecule has 0 radical (unpaired) electrons. The Hall–Kier alpha value is -1.24. The van der Waals surface area contributed by atoms with Gasteiger partial charge in [0.05, 0.1) is 0 Å². The minimum absolute atomic E-state index is 1.10. The van der Waals surface area contributed by atoms with E-state index in [0.717, 1.165) is 12.8 Å². The smallest absolute Gasteiger partial charge is 0.0486 e. The van der Waals surface area contributed by atoms with E-state index in [1.54, 1.807) is 0 Å². The van der Waals surface area contributed by atoms with E-state index in [-0.39, 0.29) is 0 Å². The molecule has 1 nitrogen and oxygen atoms in total. The molecule has 0 aliphatic carbocycles. The summed E-state index contributed by atoms with van der Waals surface area (Å²) in [6, 6.07) is 6.72. The predicted molar refractivity (Wildman–Crippen MR) is 57.1 cm³/mol. The normalized spacial score (nSPS) is 10.9. The molecule has 0 spiro atoms. The van der Waals surface area contributed by atoms with Crippen molar-refractivity contribution in [1.82, 2.24) is 4.98 Å². The van der Waals surface area contributed by atoms with Gasteiger partial charge in [0.1, 0.15) is 0 Å². The maximum Gasteiger partial charge on any atom is 0.0486 e. The molecular formula is C12H15N. The summed E-state index contributed by atoms with van der Waals surface area (Å²) in [6.45, 7) is 4.41. The standard InChI is InChI=1S/C12H15N/c1-3-9-7-10(4-2)12-11(8-9)5-6-13-12/h5-8,13H,3-4H2,1-2H3. The molecule has 68 valence electrons. The SMILES string of the molecule is CCc1cc(CC)c2[nH]ccc2c1. The second kappa shape index (κ2) is 3.25. The van der Waals surface area contributed by atoms with E-state index in [1.807, 2.05) is 6.20 Å². The van der Waals surface area contributed by atoms with Crippen LogP contribution in [0.2, 0.25) is 0 Å². The van der Waals surface area contributed by atoms with Crippen LogP contribution in [0.5, 0.6) is 0 Å². The van der Waals surface area contributed by atoms with Gasteiger partial charge in [0.2, 0.25) is 0 Å². The molecular weight excluding hydrogens is 158 g/mol. The highest BCUT2D eigenvalue weighted by atomic mass is 14.7. The summed E-state index contributed by atoms with van der Waals surface area (Å²) in [7, 11) is 0. The van der Waals surface area contributed by atoms with Crippen molar-refractivity contribution in [3.63, 3.8) is 0 Å². The number of fused-ring (bicyclic) bond motifs is 1. The Kier molecular flexibility index (Phi) is 2.09. The highest BCUT2D eigenvalue weighted by Gasteiger charge is 2.01. The Balaban J connectivity index is 2.70. The van der Waals surface area contributed by atoms with Crippen LogP contribution in [-0.4, -0.2) is 4.98 Å². The van der Waals surface area contributed by atoms with Crippen LogP contribution in [0.3, 0.4) is 0 Å². The molecule has 1 aromatic heterocycles. The largest absolute Gasteiger partial charge is 0.361 e. The van der Waals surface area contributed by atoms with Crippen LogP contribution in [0.4, 0.5) is 0 Å². The molecule has 1 heteroatoms. The Morgan fingerprint density at radius 3 is 2.69 bits per heavy atom. The average molecular weight is 173 g/mol. The third kappa shape index (κ3) is 1.35. The molecule has 0 unspecified atom stereocenters. The Labute approximate surface area is 78.8 Å². The zero-order valence-electron chi connectivity index (χ0n) is 8.22. The van der Waals surface area contributed by atoms with E-state index < -0.39 is 0 Å². The maximum absolute atomic E-state index is 3.29. The van der Waals surface area contributed by atoms with E-state index in [4.69, 9.17) is 0 Å². The lowest BCUT2D eigenvalue weighted by Crippen LogP contribution is -1.87. The Morgan fingerprint density at radius 1 is 1.15 bits per heavy atom. The zero-order valence-corrected chi connectivity index (χ0v) is 8.22. The Bertz CT molecular complexity index is 412. The van der Waals surface area contributed by atoms with Gasteiger partial charge in [0.25, 0.3) is 0 Å². The first kappa shape index (κ1) is 8.36. The van der Waals surface area contributed by atoms with Crippen molar-refractivity contribution in [2.45, 2.75) is 26.7 Å². The number of aromatic nitrogens is 1. The van der Waals surface area contributed by atoms with Gasteiger partial charge in [0.15, 0.2) is 0 Å². The lowest BCUT2D eigenvalue weighted by molar-refractivity contribution is 1.10. The summed E-state index contributed by atoms with van der Waals surface area (Å²) in [4.78, 5) is 3.29. The van der Waals surface area contributed by atoms with Gasteiger partial charge in [-0.15, -0.1) is 0 Å². The molecule has 0 amide bonds. The fraction of sp³-hybridized carbons (Fsp3) is 0.333. The Morgan fingerprint density at radius 2 is 2.00 bits per heavy atom. The fourth-order valence-corrected chi connectivity index (χ4v) is 1.80. The average Bonchev–Trinajstić information content (AvgIpc) is 2.63. The van der Waals surface area contributed by atoms with Gasteiger partial charge < -0.3 is 4.98 Å². The fourth-order valence-electron chi connectivity index (χ4n) is 1.80. The predicted octanol–water partition coefficient (Wildman–Crippen LogP) is 3.29. The van der Waals surface area contributed by atoms with Crippen LogP contribution >= 0.6 is 0 Å². The first-order chi connectivity index (χ1) is 6.35. The number of rotatable bonds is 2. The summed E-state index contributed by atoms with van der Waals surface area (Å²) >= 11 is 0. The summed E-state index contributed by atoms with van der Waals surface area (Å²) in [5, 5.41) is 1.34. The van der Waals surface area contributed by atoms with E-state index in [0.29, 0.717) is 0 Å². The highest BCUT2D eigenvalue weighted by molar-refractivity contribution is 5.83. The second-order valence-corrected chi connectivity index (χ2v) is 3.40. The third-order valence-electron chi connectivity index (χ3n) is 2.59. The molecule has 1 aromatic carbocycles. The van der Waals surface area contributed by atoms with Gasteiger partial charge in [-0.2, -0.15) is 0 Å². The molecule has 13 heavy (non-hydrogen) atoms. The third-order valence-corrected chi connectivity index (χ3v) is 2.59. The molecule has 0 fully saturated rings. The number of H-pyrrole nitrogens is 1. The number of nitrogens with one attached hydrogen (secondary N) is 1. The van der Waals surface area contributed by atoms with Gasteiger partial charge in [-0.3, -0.25) is 0 Å². The van der Waals surface area contributed by atoms with E-state index in [1.165, 1.54) is 22.0 Å². The van der Waals surface area contributed by atoms with Crippen molar-refractivity contribution in [3.05, 3.63) is 35.5 Å². The van der Waals surface area contributed by atoms with Gasteiger partial charge in [0, 0.05) is 11.7 Å². The lowest BCUT2D eigenvalue weighted by atomic mass is 10.0. The number of benzene rings is 1. The molecule has 0 saturated carbocycles. The maximum atomic E-state index is 3.29. The van der Waals surface area contributed by atoms with Crippen molar-refractivity contribution in [1.29, 1.82) is 0 Å².